The van der Waals surface area contributed by atoms with Crippen LogP contribution in [0.5, 0.6) is 0 Å². The van der Waals surface area contributed by atoms with Gasteiger partial charge in [-0.05, 0) is 25.8 Å². The normalized spacial score (nSPS) is 24.2. The Labute approximate surface area is 211 Å². The van der Waals surface area contributed by atoms with Crippen LogP contribution in [-0.4, -0.2) is 82.0 Å². The molecule has 0 aromatic rings. The van der Waals surface area contributed by atoms with Gasteiger partial charge in [0.2, 0.25) is 13.7 Å². The Kier molecular flexibility index (Phi) is 19.6. The van der Waals surface area contributed by atoms with E-state index in [0.29, 0.717) is 26.4 Å². The lowest BCUT2D eigenvalue weighted by Gasteiger charge is -2.42. The predicted molar refractivity (Wildman–Crippen MR) is 143 cm³/mol. The molecule has 34 heavy (non-hydrogen) atoms. The number of aliphatic hydroxyl groups is 1. The summed E-state index contributed by atoms with van der Waals surface area (Å²) in [5.74, 6) is -1.56. The summed E-state index contributed by atoms with van der Waals surface area (Å²) in [5, 5.41) is 10.4. The first-order valence-electron chi connectivity index (χ1n) is 14.5. The van der Waals surface area contributed by atoms with E-state index in [1.54, 1.807) is 7.85 Å². The topological polar surface area (TPSA) is 60.4 Å². The highest BCUT2D eigenvalue weighted by Crippen LogP contribution is 2.20. The van der Waals surface area contributed by atoms with Gasteiger partial charge in [-0.2, -0.15) is 0 Å². The lowest BCUT2D eigenvalue weighted by atomic mass is 10.0. The van der Waals surface area contributed by atoms with E-state index < -0.39 is 5.87 Å². The Hall–Kier alpha value is -0.175. The molecule has 6 nitrogen and oxygen atoms in total. The molecular formula is C27H56BNO5. The maximum Gasteiger partial charge on any atom is 0.227 e. The number of hydrogen-bond donors (Lipinski definition) is 1. The van der Waals surface area contributed by atoms with E-state index in [-0.39, 0.29) is 12.1 Å². The van der Waals surface area contributed by atoms with Gasteiger partial charge in [-0.3, -0.25) is 4.90 Å². The SMILES string of the molecule is BC1(O)OCC(COCCCC)N(CCCCCCCCCCCC)C(COCCCC)CO1. The summed E-state index contributed by atoms with van der Waals surface area (Å²) < 4.78 is 23.5. The van der Waals surface area contributed by atoms with Gasteiger partial charge in [0.1, 0.15) is 0 Å². The number of hydrogen-bond acceptors (Lipinski definition) is 6. The molecule has 7 heteroatoms. The Balaban J connectivity index is 2.59. The molecular weight excluding hydrogens is 429 g/mol. The van der Waals surface area contributed by atoms with Gasteiger partial charge in [0.25, 0.3) is 0 Å². The molecule has 1 aliphatic heterocycles. The van der Waals surface area contributed by atoms with E-state index in [0.717, 1.165) is 51.9 Å². The number of rotatable bonds is 21. The third-order valence-corrected chi connectivity index (χ3v) is 6.70. The third kappa shape index (κ3) is 15.7. The summed E-state index contributed by atoms with van der Waals surface area (Å²) in [7, 11) is 1.58. The highest BCUT2D eigenvalue weighted by molar-refractivity contribution is 6.12. The monoisotopic (exact) mass is 485 g/mol. The van der Waals surface area contributed by atoms with Crippen molar-refractivity contribution in [1.82, 2.24) is 4.90 Å². The van der Waals surface area contributed by atoms with Crippen molar-refractivity contribution in [2.24, 2.45) is 0 Å². The first-order valence-corrected chi connectivity index (χ1v) is 14.5. The average Bonchev–Trinajstić information content (AvgIpc) is 2.82. The van der Waals surface area contributed by atoms with Crippen LogP contribution in [0.25, 0.3) is 0 Å². The van der Waals surface area contributed by atoms with Gasteiger partial charge >= 0.3 is 0 Å². The van der Waals surface area contributed by atoms with Crippen LogP contribution in [0.1, 0.15) is 111 Å². The van der Waals surface area contributed by atoms with Crippen LogP contribution in [0.4, 0.5) is 0 Å². The summed E-state index contributed by atoms with van der Waals surface area (Å²) in [4.78, 5) is 2.47. The highest BCUT2D eigenvalue weighted by atomic mass is 16.8. The zero-order valence-corrected chi connectivity index (χ0v) is 23.0. The second-order valence-electron chi connectivity index (χ2n) is 10.1. The molecule has 1 heterocycles. The Morgan fingerprint density at radius 1 is 0.706 bits per heavy atom. The fourth-order valence-electron chi connectivity index (χ4n) is 4.40. The maximum atomic E-state index is 10.4. The molecule has 0 aliphatic carbocycles. The summed E-state index contributed by atoms with van der Waals surface area (Å²) in [6.07, 6.45) is 17.7. The van der Waals surface area contributed by atoms with Crippen molar-refractivity contribution in [2.45, 2.75) is 129 Å². The molecule has 0 saturated carbocycles. The largest absolute Gasteiger partial charge is 0.380 e. The van der Waals surface area contributed by atoms with Gasteiger partial charge in [-0.1, -0.05) is 91.4 Å². The zero-order chi connectivity index (χ0) is 24.9. The molecule has 1 aliphatic rings. The summed E-state index contributed by atoms with van der Waals surface area (Å²) in [6.45, 7) is 11.2. The first-order chi connectivity index (χ1) is 16.5. The standard InChI is InChI=1S/C27H56BNO5/c1-4-7-10-11-12-13-14-15-16-17-18-29-25(21-31-19-8-5-2)23-33-27(28,30)34-24-26(29)22-32-20-9-6-3/h25-26,30H,4-24,28H2,1-3H3. The van der Waals surface area contributed by atoms with E-state index >= 15 is 0 Å². The zero-order valence-electron chi connectivity index (χ0n) is 23.0. The maximum absolute atomic E-state index is 10.4. The fraction of sp³-hybridized carbons (Fsp3) is 1.00. The molecule has 0 aromatic carbocycles. The summed E-state index contributed by atoms with van der Waals surface area (Å²) in [5.41, 5.74) is 0. The van der Waals surface area contributed by atoms with Gasteiger partial charge in [-0.15, -0.1) is 0 Å². The Morgan fingerprint density at radius 2 is 1.12 bits per heavy atom. The molecule has 1 rings (SSSR count). The minimum atomic E-state index is -1.56. The van der Waals surface area contributed by atoms with Crippen molar-refractivity contribution in [1.29, 1.82) is 0 Å². The highest BCUT2D eigenvalue weighted by Gasteiger charge is 2.35. The molecule has 2 unspecified atom stereocenters. The fourth-order valence-corrected chi connectivity index (χ4v) is 4.40. The summed E-state index contributed by atoms with van der Waals surface area (Å²) in [6, 6.07) is 0.177. The molecule has 2 atom stereocenters. The van der Waals surface area contributed by atoms with Gasteiger partial charge in [-0.25, -0.2) is 0 Å². The minimum Gasteiger partial charge on any atom is -0.380 e. The van der Waals surface area contributed by atoms with E-state index in [1.807, 2.05) is 0 Å². The molecule has 1 saturated heterocycles. The smallest absolute Gasteiger partial charge is 0.227 e. The average molecular weight is 486 g/mol. The van der Waals surface area contributed by atoms with E-state index in [1.165, 1.54) is 57.8 Å². The number of ether oxygens (including phenoxy) is 4. The number of unbranched alkanes of at least 4 members (excludes halogenated alkanes) is 11. The van der Waals surface area contributed by atoms with Crippen molar-refractivity contribution < 1.29 is 24.1 Å². The van der Waals surface area contributed by atoms with E-state index in [4.69, 9.17) is 18.9 Å². The molecule has 202 valence electrons. The van der Waals surface area contributed by atoms with Crippen LogP contribution >= 0.6 is 0 Å². The lowest BCUT2D eigenvalue weighted by molar-refractivity contribution is -0.322. The second kappa shape index (κ2) is 21.0. The molecule has 0 bridgehead atoms. The van der Waals surface area contributed by atoms with Crippen molar-refractivity contribution in [3.05, 3.63) is 0 Å². The molecule has 0 radical (unpaired) electrons. The van der Waals surface area contributed by atoms with E-state index in [9.17, 15) is 5.11 Å². The second-order valence-corrected chi connectivity index (χ2v) is 10.1. The lowest BCUT2D eigenvalue weighted by Crippen LogP contribution is -2.57. The van der Waals surface area contributed by atoms with Crippen LogP contribution in [0.15, 0.2) is 0 Å². The van der Waals surface area contributed by atoms with Crippen molar-refractivity contribution >= 4 is 7.85 Å². The van der Waals surface area contributed by atoms with Gasteiger partial charge in [0.15, 0.2) is 0 Å². The van der Waals surface area contributed by atoms with Crippen molar-refractivity contribution in [3.63, 3.8) is 0 Å². The Bertz CT molecular complexity index is 429. The summed E-state index contributed by atoms with van der Waals surface area (Å²) >= 11 is 0. The Morgan fingerprint density at radius 3 is 1.56 bits per heavy atom. The molecule has 0 spiro atoms. The van der Waals surface area contributed by atoms with Gasteiger partial charge in [0, 0.05) is 13.2 Å². The number of nitrogens with zero attached hydrogens (tertiary/aromatic N) is 1. The predicted octanol–water partition coefficient (Wildman–Crippen LogP) is 4.86. The van der Waals surface area contributed by atoms with Crippen molar-refractivity contribution in [2.75, 3.05) is 46.2 Å². The molecule has 1 fully saturated rings. The van der Waals surface area contributed by atoms with Crippen LogP contribution < -0.4 is 0 Å². The van der Waals surface area contributed by atoms with E-state index in [2.05, 4.69) is 25.7 Å². The van der Waals surface area contributed by atoms with Gasteiger partial charge < -0.3 is 24.1 Å². The first kappa shape index (κ1) is 31.9. The molecule has 0 aromatic heterocycles. The quantitative estimate of drug-likeness (QED) is 0.185. The van der Waals surface area contributed by atoms with Gasteiger partial charge in [0.05, 0.1) is 38.5 Å². The third-order valence-electron chi connectivity index (χ3n) is 6.70. The van der Waals surface area contributed by atoms with Crippen LogP contribution in [0.2, 0.25) is 0 Å². The van der Waals surface area contributed by atoms with Crippen LogP contribution in [0.3, 0.4) is 0 Å². The van der Waals surface area contributed by atoms with Crippen LogP contribution in [-0.2, 0) is 18.9 Å². The minimum absolute atomic E-state index is 0.0885. The molecule has 0 amide bonds. The van der Waals surface area contributed by atoms with Crippen molar-refractivity contribution in [3.8, 4) is 0 Å². The van der Waals surface area contributed by atoms with Crippen LogP contribution in [0, 0.1) is 0 Å². The molecule has 1 N–H and O–H groups in total.